The summed E-state index contributed by atoms with van der Waals surface area (Å²) in [6.07, 6.45) is -0.378. The van der Waals surface area contributed by atoms with Crippen molar-refractivity contribution in [2.45, 2.75) is 25.4 Å². The maximum atomic E-state index is 9.16. The quantitative estimate of drug-likeness (QED) is 0.432. The standard InChI is InChI=1S/C11H21O6P2/c1-11(2,8-19(15,16)17)10-5-3-9(4-6-10)7-18(12,13)14/h3-5,12-19H,7-8H2,1-2H3. The van der Waals surface area contributed by atoms with Gasteiger partial charge in [0.05, 0.1) is 0 Å². The molecule has 1 rings (SSSR count). The Kier molecular flexibility index (Phi) is 5.05. The molecule has 8 heteroatoms. The first-order valence-corrected chi connectivity index (χ1v) is 9.84. The van der Waals surface area contributed by atoms with Gasteiger partial charge in [0.15, 0.2) is 0 Å². The van der Waals surface area contributed by atoms with Crippen LogP contribution in [0.5, 0.6) is 0 Å². The third kappa shape index (κ3) is 6.21. The van der Waals surface area contributed by atoms with Gasteiger partial charge in [-0.2, -0.15) is 0 Å². The molecule has 1 radical (unpaired) electrons. The van der Waals surface area contributed by atoms with E-state index in [2.05, 4.69) is 6.07 Å². The van der Waals surface area contributed by atoms with E-state index in [0.717, 1.165) is 0 Å². The van der Waals surface area contributed by atoms with Crippen LogP contribution in [0.15, 0.2) is 18.2 Å². The fourth-order valence-electron chi connectivity index (χ4n) is 1.95. The molecule has 0 unspecified atom stereocenters. The van der Waals surface area contributed by atoms with Crippen LogP contribution >= 0.6 is 15.9 Å². The van der Waals surface area contributed by atoms with Crippen molar-refractivity contribution in [3.8, 4) is 0 Å². The summed E-state index contributed by atoms with van der Waals surface area (Å²) in [5.74, 6) is 0. The maximum absolute atomic E-state index is 9.16. The monoisotopic (exact) mass is 311 g/mol. The molecule has 0 aliphatic rings. The Hall–Kier alpha value is -0.160. The molecule has 0 aliphatic carbocycles. The molecule has 19 heavy (non-hydrogen) atoms. The van der Waals surface area contributed by atoms with Crippen molar-refractivity contribution in [2.24, 2.45) is 0 Å². The average molecular weight is 311 g/mol. The van der Waals surface area contributed by atoms with Gasteiger partial charge >= 0.3 is 112 Å². The van der Waals surface area contributed by atoms with E-state index in [1.54, 1.807) is 26.0 Å². The van der Waals surface area contributed by atoms with E-state index < -0.39 is 21.3 Å². The Labute approximate surface area is 113 Å². The van der Waals surface area contributed by atoms with E-state index in [9.17, 15) is 0 Å². The summed E-state index contributed by atoms with van der Waals surface area (Å²) in [5, 5.41) is 0. The van der Waals surface area contributed by atoms with Crippen molar-refractivity contribution in [1.82, 2.24) is 0 Å². The molecule has 0 bridgehead atoms. The minimum absolute atomic E-state index is 0.158. The first kappa shape index (κ1) is 16.9. The zero-order valence-corrected chi connectivity index (χ0v) is 12.8. The normalized spacial score (nSPS) is 15.4. The summed E-state index contributed by atoms with van der Waals surface area (Å²) in [6.45, 7) is 3.48. The topological polar surface area (TPSA) is 121 Å². The second-order valence-electron chi connectivity index (χ2n) is 5.40. The van der Waals surface area contributed by atoms with E-state index in [0.29, 0.717) is 11.1 Å². The predicted molar refractivity (Wildman–Crippen MR) is 76.8 cm³/mol. The summed E-state index contributed by atoms with van der Waals surface area (Å²) in [6, 6.07) is 7.66. The van der Waals surface area contributed by atoms with Crippen molar-refractivity contribution in [2.75, 3.05) is 6.16 Å². The molecule has 0 heterocycles. The molecule has 0 atom stereocenters. The first-order valence-electron chi connectivity index (χ1n) is 5.74. The second-order valence-corrected chi connectivity index (χ2v) is 9.20. The summed E-state index contributed by atoms with van der Waals surface area (Å²) >= 11 is 0. The van der Waals surface area contributed by atoms with Gasteiger partial charge in [0.2, 0.25) is 0 Å². The van der Waals surface area contributed by atoms with Crippen LogP contribution in [0, 0.1) is 6.07 Å². The van der Waals surface area contributed by atoms with E-state index in [1.807, 2.05) is 0 Å². The zero-order chi connectivity index (χ0) is 14.9. The van der Waals surface area contributed by atoms with Gasteiger partial charge in [0, 0.05) is 0 Å². The van der Waals surface area contributed by atoms with Gasteiger partial charge in [-0.1, -0.05) is 0 Å². The molecule has 6 nitrogen and oxygen atoms in total. The van der Waals surface area contributed by atoms with Crippen LogP contribution in [-0.2, 0) is 11.6 Å². The van der Waals surface area contributed by atoms with Crippen LogP contribution in [0.4, 0.5) is 0 Å². The Bertz CT molecular complexity index is 418. The van der Waals surface area contributed by atoms with Crippen molar-refractivity contribution >= 4 is 15.9 Å². The molecule has 1 aromatic rings. The Balaban J connectivity index is 2.86. The van der Waals surface area contributed by atoms with Gasteiger partial charge in [-0.05, 0) is 0 Å². The van der Waals surface area contributed by atoms with E-state index in [4.69, 9.17) is 29.4 Å². The number of hydrogen-bond donors (Lipinski definition) is 6. The summed E-state index contributed by atoms with van der Waals surface area (Å²) < 4.78 is 0. The number of hydrogen-bond acceptors (Lipinski definition) is 6. The first-order chi connectivity index (χ1) is 8.39. The molecule has 0 amide bonds. The van der Waals surface area contributed by atoms with Gasteiger partial charge in [0.1, 0.15) is 0 Å². The average Bonchev–Trinajstić information content (AvgIpc) is 2.11. The second kappa shape index (κ2) is 5.68. The fraction of sp³-hybridized carbons (Fsp3) is 0.455. The molecule has 0 saturated carbocycles. The van der Waals surface area contributed by atoms with Gasteiger partial charge in [-0.25, -0.2) is 0 Å². The number of benzene rings is 1. The van der Waals surface area contributed by atoms with Crippen LogP contribution < -0.4 is 0 Å². The molecule has 111 valence electrons. The van der Waals surface area contributed by atoms with Gasteiger partial charge in [-0.15, -0.1) is 0 Å². The van der Waals surface area contributed by atoms with Crippen LogP contribution in [0.3, 0.4) is 0 Å². The fourth-order valence-corrected chi connectivity index (χ4v) is 4.09. The Morgan fingerprint density at radius 3 is 1.95 bits per heavy atom. The molecule has 0 spiro atoms. The molecule has 0 fully saturated rings. The van der Waals surface area contributed by atoms with Crippen LogP contribution in [0.1, 0.15) is 25.0 Å². The molecule has 1 aromatic carbocycles. The molecular formula is C11H21O6P2. The van der Waals surface area contributed by atoms with E-state index in [1.165, 1.54) is 6.07 Å². The summed E-state index contributed by atoms with van der Waals surface area (Å²) in [5.41, 5.74) is 0.514. The van der Waals surface area contributed by atoms with Gasteiger partial charge < -0.3 is 0 Å². The van der Waals surface area contributed by atoms with E-state index >= 15 is 0 Å². The molecule has 6 N–H and O–H groups in total. The number of rotatable bonds is 5. The molecule has 0 saturated heterocycles. The third-order valence-corrected chi connectivity index (χ3v) is 4.97. The van der Waals surface area contributed by atoms with Crippen molar-refractivity contribution < 1.29 is 29.4 Å². The molecular weight excluding hydrogens is 290 g/mol. The SMILES string of the molecule is CC(C)(C[PH](O)(O)O)c1[c]cc(C[PH](O)(O)O)cc1. The van der Waals surface area contributed by atoms with Crippen molar-refractivity contribution in [1.29, 1.82) is 0 Å². The van der Waals surface area contributed by atoms with Crippen LogP contribution in [0.2, 0.25) is 0 Å². The van der Waals surface area contributed by atoms with Crippen molar-refractivity contribution in [3.05, 3.63) is 35.4 Å². The van der Waals surface area contributed by atoms with Gasteiger partial charge in [-0.3, -0.25) is 0 Å². The van der Waals surface area contributed by atoms with Gasteiger partial charge in [0.25, 0.3) is 0 Å². The molecule has 0 aromatic heterocycles. The van der Waals surface area contributed by atoms with Crippen LogP contribution in [-0.4, -0.2) is 35.5 Å². The van der Waals surface area contributed by atoms with Crippen LogP contribution in [0.25, 0.3) is 0 Å². The molecule has 0 aliphatic heterocycles. The summed E-state index contributed by atoms with van der Waals surface area (Å²) in [7, 11) is -8.29. The zero-order valence-electron chi connectivity index (χ0n) is 10.8. The third-order valence-electron chi connectivity index (χ3n) is 2.73. The summed E-state index contributed by atoms with van der Waals surface area (Å²) in [4.78, 5) is 54.5. The minimum atomic E-state index is -4.16. The predicted octanol–water partition coefficient (Wildman–Crippen LogP) is 0.208. The Morgan fingerprint density at radius 1 is 1.00 bits per heavy atom. The van der Waals surface area contributed by atoms with E-state index in [-0.39, 0.29) is 12.3 Å². The Morgan fingerprint density at radius 2 is 1.58 bits per heavy atom. The van der Waals surface area contributed by atoms with Crippen molar-refractivity contribution in [3.63, 3.8) is 0 Å².